The average Bonchev–Trinajstić information content (AvgIpc) is 2.41. The van der Waals surface area contributed by atoms with Gasteiger partial charge >= 0.3 is 0 Å². The zero-order chi connectivity index (χ0) is 13.4. The molecule has 1 atom stereocenters. The van der Waals surface area contributed by atoms with Crippen LogP contribution >= 0.6 is 11.6 Å². The third kappa shape index (κ3) is 2.17. The molecular weight excluding hydrogens is 260 g/mol. The predicted molar refractivity (Wildman–Crippen MR) is 76.5 cm³/mol. The maximum absolute atomic E-state index is 12.1. The van der Waals surface area contributed by atoms with Gasteiger partial charge in [-0.3, -0.25) is 4.79 Å². The van der Waals surface area contributed by atoms with Gasteiger partial charge in [0, 0.05) is 5.02 Å². The third-order valence-corrected chi connectivity index (χ3v) is 3.54. The van der Waals surface area contributed by atoms with Crippen molar-refractivity contribution in [2.24, 2.45) is 0 Å². The Morgan fingerprint density at radius 1 is 1.05 bits per heavy atom. The van der Waals surface area contributed by atoms with E-state index in [0.717, 1.165) is 16.8 Å². The lowest BCUT2D eigenvalue weighted by Gasteiger charge is -2.29. The topological polar surface area (TPSA) is 41.1 Å². The van der Waals surface area contributed by atoms with Gasteiger partial charge in [0.2, 0.25) is 0 Å². The van der Waals surface area contributed by atoms with Gasteiger partial charge in [-0.15, -0.1) is 0 Å². The summed E-state index contributed by atoms with van der Waals surface area (Å²) in [6, 6.07) is 13.1. The molecule has 3 rings (SSSR count). The summed E-state index contributed by atoms with van der Waals surface area (Å²) in [7, 11) is 0. The zero-order valence-electron chi connectivity index (χ0n) is 10.4. The summed E-state index contributed by atoms with van der Waals surface area (Å²) in [6.07, 6.45) is -0.224. The van der Waals surface area contributed by atoms with Crippen LogP contribution in [0.3, 0.4) is 0 Å². The Kier molecular flexibility index (Phi) is 2.91. The summed E-state index contributed by atoms with van der Waals surface area (Å²) in [4.78, 5) is 12.1. The highest BCUT2D eigenvalue weighted by Gasteiger charge is 2.25. The average molecular weight is 273 g/mol. The minimum absolute atomic E-state index is 0.0580. The molecule has 0 saturated carbocycles. The maximum Gasteiger partial charge on any atom is 0.255 e. The van der Waals surface area contributed by atoms with Crippen LogP contribution in [0.5, 0.6) is 0 Å². The molecule has 1 aliphatic heterocycles. The lowest BCUT2D eigenvalue weighted by atomic mass is 10.0. The fraction of sp³-hybridized carbons (Fsp3) is 0.133. The van der Waals surface area contributed by atoms with Gasteiger partial charge in [-0.1, -0.05) is 35.9 Å². The predicted octanol–water partition coefficient (Wildman–Crippen LogP) is 3.50. The van der Waals surface area contributed by atoms with Crippen molar-refractivity contribution in [3.05, 3.63) is 64.2 Å². The minimum atomic E-state index is -0.224. The number of aryl methyl sites for hydroxylation is 1. The van der Waals surface area contributed by atoms with Gasteiger partial charge in [-0.2, -0.15) is 0 Å². The molecule has 0 fully saturated rings. The van der Waals surface area contributed by atoms with Crippen molar-refractivity contribution in [1.29, 1.82) is 0 Å². The van der Waals surface area contributed by atoms with Gasteiger partial charge in [0.05, 0.1) is 11.3 Å². The minimum Gasteiger partial charge on any atom is -0.361 e. The molecule has 0 bridgehead atoms. The summed E-state index contributed by atoms with van der Waals surface area (Å²) in [5, 5.41) is 6.98. The Morgan fingerprint density at radius 3 is 2.53 bits per heavy atom. The second-order valence-electron chi connectivity index (χ2n) is 4.60. The van der Waals surface area contributed by atoms with E-state index in [9.17, 15) is 4.79 Å². The summed E-state index contributed by atoms with van der Waals surface area (Å²) in [5.74, 6) is -0.0580. The molecule has 0 aromatic heterocycles. The lowest BCUT2D eigenvalue weighted by molar-refractivity contribution is 0.0935. The number of rotatable bonds is 1. The number of fused-ring (bicyclic) bond motifs is 1. The highest BCUT2D eigenvalue weighted by molar-refractivity contribution is 6.30. The van der Waals surface area contributed by atoms with Crippen LogP contribution in [0.4, 0.5) is 5.69 Å². The van der Waals surface area contributed by atoms with E-state index in [4.69, 9.17) is 11.6 Å². The van der Waals surface area contributed by atoms with Crippen LogP contribution in [-0.4, -0.2) is 5.91 Å². The molecule has 19 heavy (non-hydrogen) atoms. The molecular formula is C15H13ClN2O. The fourth-order valence-corrected chi connectivity index (χ4v) is 2.39. The Morgan fingerprint density at radius 2 is 1.79 bits per heavy atom. The number of benzene rings is 2. The number of carbonyl (C=O) groups is 1. The maximum atomic E-state index is 12.1. The molecule has 1 heterocycles. The van der Waals surface area contributed by atoms with E-state index in [2.05, 4.69) is 10.6 Å². The number of hydrogen-bond acceptors (Lipinski definition) is 2. The van der Waals surface area contributed by atoms with E-state index >= 15 is 0 Å². The Labute approximate surface area is 116 Å². The first-order chi connectivity index (χ1) is 9.15. The molecule has 2 aromatic carbocycles. The molecule has 1 unspecified atom stereocenters. The van der Waals surface area contributed by atoms with Crippen LogP contribution in [0.15, 0.2) is 42.5 Å². The van der Waals surface area contributed by atoms with E-state index in [1.54, 1.807) is 0 Å². The van der Waals surface area contributed by atoms with Crippen molar-refractivity contribution in [1.82, 2.24) is 5.32 Å². The molecule has 4 heteroatoms. The molecule has 2 N–H and O–H groups in total. The van der Waals surface area contributed by atoms with Crippen molar-refractivity contribution < 1.29 is 4.79 Å². The van der Waals surface area contributed by atoms with E-state index < -0.39 is 0 Å². The van der Waals surface area contributed by atoms with Crippen LogP contribution < -0.4 is 10.6 Å². The molecule has 2 aromatic rings. The fourth-order valence-electron chi connectivity index (χ4n) is 2.26. The number of hydrogen-bond donors (Lipinski definition) is 2. The highest BCUT2D eigenvalue weighted by atomic mass is 35.5. The van der Waals surface area contributed by atoms with Gasteiger partial charge in [-0.25, -0.2) is 0 Å². The summed E-state index contributed by atoms with van der Waals surface area (Å²) >= 11 is 5.88. The third-order valence-electron chi connectivity index (χ3n) is 3.28. The van der Waals surface area contributed by atoms with Crippen molar-refractivity contribution >= 4 is 23.2 Å². The van der Waals surface area contributed by atoms with Crippen LogP contribution in [0, 0.1) is 6.92 Å². The van der Waals surface area contributed by atoms with Crippen LogP contribution in [0.25, 0.3) is 0 Å². The number of anilines is 1. The number of carbonyl (C=O) groups excluding carboxylic acids is 1. The molecule has 1 aliphatic rings. The van der Waals surface area contributed by atoms with E-state index in [0.29, 0.717) is 10.6 Å². The largest absolute Gasteiger partial charge is 0.361 e. The molecule has 96 valence electrons. The monoisotopic (exact) mass is 272 g/mol. The standard InChI is InChI=1S/C15H13ClN2O/c1-9-3-2-4-12-13(9)17-14(18-15(12)19)10-5-7-11(16)8-6-10/h2-8,14,17H,1H3,(H,18,19). The number of halogens is 1. The Balaban J connectivity index is 1.99. The molecule has 0 saturated heterocycles. The summed E-state index contributed by atoms with van der Waals surface area (Å²) < 4.78 is 0. The van der Waals surface area contributed by atoms with Gasteiger partial charge in [-0.05, 0) is 36.2 Å². The molecule has 0 aliphatic carbocycles. The van der Waals surface area contributed by atoms with Crippen molar-refractivity contribution in [3.63, 3.8) is 0 Å². The first kappa shape index (κ1) is 12.1. The molecule has 0 radical (unpaired) electrons. The zero-order valence-corrected chi connectivity index (χ0v) is 11.2. The second kappa shape index (κ2) is 4.59. The SMILES string of the molecule is Cc1cccc2c1NC(c1ccc(Cl)cc1)NC2=O. The smallest absolute Gasteiger partial charge is 0.255 e. The highest BCUT2D eigenvalue weighted by Crippen LogP contribution is 2.29. The first-order valence-electron chi connectivity index (χ1n) is 6.07. The van der Waals surface area contributed by atoms with Crippen LogP contribution in [0.1, 0.15) is 27.7 Å². The molecule has 3 nitrogen and oxygen atoms in total. The summed E-state index contributed by atoms with van der Waals surface area (Å²) in [5.41, 5.74) is 3.62. The lowest BCUT2D eigenvalue weighted by Crippen LogP contribution is -2.38. The Bertz CT molecular complexity index is 637. The van der Waals surface area contributed by atoms with E-state index in [1.165, 1.54) is 0 Å². The second-order valence-corrected chi connectivity index (χ2v) is 5.04. The quantitative estimate of drug-likeness (QED) is 0.834. The van der Waals surface area contributed by atoms with Crippen LogP contribution in [-0.2, 0) is 0 Å². The van der Waals surface area contributed by atoms with Gasteiger partial charge in [0.1, 0.15) is 6.17 Å². The van der Waals surface area contributed by atoms with Crippen molar-refractivity contribution in [2.75, 3.05) is 5.32 Å². The van der Waals surface area contributed by atoms with E-state index in [1.807, 2.05) is 49.4 Å². The number of para-hydroxylation sites is 1. The molecule has 1 amide bonds. The van der Waals surface area contributed by atoms with Crippen LogP contribution in [0.2, 0.25) is 5.02 Å². The van der Waals surface area contributed by atoms with Gasteiger partial charge < -0.3 is 10.6 Å². The Hall–Kier alpha value is -2.00. The summed E-state index contributed by atoms with van der Waals surface area (Å²) in [6.45, 7) is 1.99. The number of nitrogens with one attached hydrogen (secondary N) is 2. The van der Waals surface area contributed by atoms with Crippen molar-refractivity contribution in [2.45, 2.75) is 13.1 Å². The first-order valence-corrected chi connectivity index (χ1v) is 6.45. The van der Waals surface area contributed by atoms with Gasteiger partial charge in [0.25, 0.3) is 5.91 Å². The molecule has 0 spiro atoms. The number of amides is 1. The normalized spacial score (nSPS) is 17.4. The van der Waals surface area contributed by atoms with E-state index in [-0.39, 0.29) is 12.1 Å². The van der Waals surface area contributed by atoms with Crippen molar-refractivity contribution in [3.8, 4) is 0 Å². The van der Waals surface area contributed by atoms with Gasteiger partial charge in [0.15, 0.2) is 0 Å².